The van der Waals surface area contributed by atoms with Crippen LogP contribution in [0, 0.1) is 17.7 Å². The highest BCUT2D eigenvalue weighted by Crippen LogP contribution is 2.50. The molecule has 0 aliphatic carbocycles. The number of anilines is 1. The van der Waals surface area contributed by atoms with Gasteiger partial charge in [0.05, 0.1) is 31.2 Å². The van der Waals surface area contributed by atoms with Gasteiger partial charge in [-0.05, 0) is 18.2 Å². The van der Waals surface area contributed by atoms with Crippen molar-refractivity contribution in [1.82, 2.24) is 5.32 Å². The van der Waals surface area contributed by atoms with Crippen LogP contribution in [0.25, 0.3) is 0 Å². The Balaban J connectivity index is 1.88. The van der Waals surface area contributed by atoms with Crippen molar-refractivity contribution in [2.24, 2.45) is 11.8 Å². The van der Waals surface area contributed by atoms with Crippen LogP contribution in [0.5, 0.6) is 0 Å². The number of benzene rings is 2. The number of amides is 2. The first-order chi connectivity index (χ1) is 14.0. The first kappa shape index (κ1) is 19.2. The van der Waals surface area contributed by atoms with Crippen LogP contribution in [0.15, 0.2) is 54.6 Å². The number of esters is 1. The molecule has 2 saturated heterocycles. The van der Waals surface area contributed by atoms with Gasteiger partial charge in [0.1, 0.15) is 5.82 Å². The molecule has 0 unspecified atom stereocenters. The summed E-state index contributed by atoms with van der Waals surface area (Å²) in [5, 5.41) is 13.0. The second kappa shape index (κ2) is 7.06. The minimum atomic E-state index is -1.86. The Morgan fingerprint density at radius 3 is 2.41 bits per heavy atom. The topological polar surface area (TPSA) is 95.9 Å². The monoisotopic (exact) mass is 398 g/mol. The van der Waals surface area contributed by atoms with E-state index < -0.39 is 53.6 Å². The molecule has 0 saturated carbocycles. The summed E-state index contributed by atoms with van der Waals surface area (Å²) >= 11 is 0. The Kier molecular flexibility index (Phi) is 4.68. The predicted molar refractivity (Wildman–Crippen MR) is 100 cm³/mol. The third-order valence-corrected chi connectivity index (χ3v) is 5.71. The van der Waals surface area contributed by atoms with Crippen molar-refractivity contribution in [2.75, 3.05) is 18.6 Å². The summed E-state index contributed by atoms with van der Waals surface area (Å²) < 4.78 is 19.4. The van der Waals surface area contributed by atoms with E-state index in [1.54, 1.807) is 36.4 Å². The van der Waals surface area contributed by atoms with Crippen molar-refractivity contribution < 1.29 is 28.6 Å². The van der Waals surface area contributed by atoms with Gasteiger partial charge in [-0.2, -0.15) is 0 Å². The van der Waals surface area contributed by atoms with Crippen LogP contribution >= 0.6 is 0 Å². The number of aliphatic hydroxyl groups is 1. The van der Waals surface area contributed by atoms with E-state index in [1.807, 2.05) is 0 Å². The van der Waals surface area contributed by atoms with E-state index in [1.165, 1.54) is 18.2 Å². The van der Waals surface area contributed by atoms with Crippen molar-refractivity contribution in [1.29, 1.82) is 0 Å². The van der Waals surface area contributed by atoms with E-state index in [0.717, 1.165) is 12.0 Å². The van der Waals surface area contributed by atoms with Gasteiger partial charge in [-0.1, -0.05) is 36.4 Å². The fraction of sp³-hybridized carbons (Fsp3) is 0.286. The van der Waals surface area contributed by atoms with Gasteiger partial charge in [0.15, 0.2) is 5.54 Å². The van der Waals surface area contributed by atoms with E-state index in [-0.39, 0.29) is 5.56 Å². The molecule has 2 N–H and O–H groups in total. The average molecular weight is 398 g/mol. The molecule has 2 heterocycles. The molecule has 2 aromatic carbocycles. The molecular formula is C21H19FN2O5. The van der Waals surface area contributed by atoms with Gasteiger partial charge in [0.2, 0.25) is 11.8 Å². The fourth-order valence-electron chi connectivity index (χ4n) is 4.41. The normalized spacial score (nSPS) is 28.5. The molecule has 150 valence electrons. The smallest absolute Gasteiger partial charge is 0.329 e. The Morgan fingerprint density at radius 1 is 1.14 bits per heavy atom. The largest absolute Gasteiger partial charge is 0.468 e. The number of nitrogens with zero attached hydrogens (tertiary/aromatic N) is 1. The Hall–Kier alpha value is -3.10. The first-order valence-corrected chi connectivity index (χ1v) is 9.10. The standard InChI is InChI=1S/C21H19FN2O5/c1-29-20(28)21(11-25)16-15(17(23-21)13-9-5-6-10-14(13)22)18(26)24(19(16)27)12-7-3-2-4-8-12/h2-10,15-17,23,25H,11H2,1H3/t15-,16+,17-,21-/m1/s1. The molecule has 2 amide bonds. The average Bonchev–Trinajstić information content (AvgIpc) is 3.23. The number of ether oxygens (including phenoxy) is 1. The van der Waals surface area contributed by atoms with Gasteiger partial charge in [-0.3, -0.25) is 14.9 Å². The number of para-hydroxylation sites is 1. The number of hydrogen-bond donors (Lipinski definition) is 2. The highest BCUT2D eigenvalue weighted by Gasteiger charge is 2.69. The molecule has 2 fully saturated rings. The zero-order valence-corrected chi connectivity index (χ0v) is 15.5. The zero-order valence-electron chi connectivity index (χ0n) is 15.5. The third kappa shape index (κ3) is 2.67. The van der Waals surface area contributed by atoms with Crippen LogP contribution < -0.4 is 10.2 Å². The van der Waals surface area contributed by atoms with E-state index in [9.17, 15) is 23.9 Å². The number of halogens is 1. The molecule has 0 spiro atoms. The summed E-state index contributed by atoms with van der Waals surface area (Å²) in [6.07, 6.45) is 0. The minimum absolute atomic E-state index is 0.137. The van der Waals surface area contributed by atoms with E-state index >= 15 is 0 Å². The Morgan fingerprint density at radius 2 is 1.79 bits per heavy atom. The number of nitrogens with one attached hydrogen (secondary N) is 1. The minimum Gasteiger partial charge on any atom is -0.468 e. The number of hydrogen-bond acceptors (Lipinski definition) is 6. The van der Waals surface area contributed by atoms with Gasteiger partial charge in [-0.15, -0.1) is 0 Å². The predicted octanol–water partition coefficient (Wildman–Crippen LogP) is 1.18. The molecule has 8 heteroatoms. The number of fused-ring (bicyclic) bond motifs is 1. The molecule has 0 radical (unpaired) electrons. The van der Waals surface area contributed by atoms with Crippen LogP contribution in [0.1, 0.15) is 11.6 Å². The maximum atomic E-state index is 14.6. The van der Waals surface area contributed by atoms with Crippen LogP contribution in [0.4, 0.5) is 10.1 Å². The SMILES string of the molecule is COC(=O)[C@]1(CO)N[C@H](c2ccccc2F)[C@@H]2C(=O)N(c3ccccc3)C(=O)[C@H]21. The van der Waals surface area contributed by atoms with Gasteiger partial charge in [-0.25, -0.2) is 14.1 Å². The maximum absolute atomic E-state index is 14.6. The summed E-state index contributed by atoms with van der Waals surface area (Å²) in [6, 6.07) is 13.1. The molecule has 2 aliphatic rings. The summed E-state index contributed by atoms with van der Waals surface area (Å²) in [7, 11) is 1.13. The van der Waals surface area contributed by atoms with Crippen LogP contribution in [0.3, 0.4) is 0 Å². The van der Waals surface area contributed by atoms with Crippen molar-refractivity contribution in [2.45, 2.75) is 11.6 Å². The number of imide groups is 1. The molecule has 2 aromatic rings. The van der Waals surface area contributed by atoms with Crippen LogP contribution in [0.2, 0.25) is 0 Å². The molecule has 2 aliphatic heterocycles. The van der Waals surface area contributed by atoms with E-state index in [2.05, 4.69) is 5.32 Å². The Labute approximate surface area is 166 Å². The first-order valence-electron chi connectivity index (χ1n) is 9.10. The lowest BCUT2D eigenvalue weighted by atomic mass is 9.79. The van der Waals surface area contributed by atoms with Crippen molar-refractivity contribution >= 4 is 23.5 Å². The highest BCUT2D eigenvalue weighted by molar-refractivity contribution is 6.24. The van der Waals surface area contributed by atoms with Crippen LogP contribution in [-0.4, -0.2) is 42.1 Å². The molecule has 4 rings (SSSR count). The second-order valence-corrected chi connectivity index (χ2v) is 7.12. The number of carbonyl (C=O) groups is 3. The van der Waals surface area contributed by atoms with Gasteiger partial charge in [0.25, 0.3) is 0 Å². The number of aliphatic hydroxyl groups excluding tert-OH is 1. The summed E-state index contributed by atoms with van der Waals surface area (Å²) in [4.78, 5) is 40.3. The van der Waals surface area contributed by atoms with Crippen molar-refractivity contribution in [3.8, 4) is 0 Å². The number of methoxy groups -OCH3 is 1. The lowest BCUT2D eigenvalue weighted by Gasteiger charge is -2.30. The van der Waals surface area contributed by atoms with E-state index in [0.29, 0.717) is 5.69 Å². The summed E-state index contributed by atoms with van der Waals surface area (Å²) in [5.74, 6) is -4.99. The quantitative estimate of drug-likeness (QED) is 0.593. The Bertz CT molecular complexity index is 982. The fourth-order valence-corrected chi connectivity index (χ4v) is 4.41. The van der Waals surface area contributed by atoms with Gasteiger partial charge >= 0.3 is 5.97 Å². The maximum Gasteiger partial charge on any atom is 0.329 e. The summed E-state index contributed by atoms with van der Waals surface area (Å²) in [5.41, 5.74) is -1.37. The van der Waals surface area contributed by atoms with Crippen molar-refractivity contribution in [3.63, 3.8) is 0 Å². The molecular weight excluding hydrogens is 379 g/mol. The third-order valence-electron chi connectivity index (χ3n) is 5.71. The molecule has 4 atom stereocenters. The van der Waals surface area contributed by atoms with Gasteiger partial charge < -0.3 is 9.84 Å². The molecule has 0 bridgehead atoms. The molecule has 29 heavy (non-hydrogen) atoms. The van der Waals surface area contributed by atoms with Crippen LogP contribution in [-0.2, 0) is 19.1 Å². The van der Waals surface area contributed by atoms with Crippen molar-refractivity contribution in [3.05, 3.63) is 66.0 Å². The summed E-state index contributed by atoms with van der Waals surface area (Å²) in [6.45, 7) is -0.784. The number of carbonyl (C=O) groups excluding carboxylic acids is 3. The molecule has 0 aromatic heterocycles. The number of rotatable bonds is 4. The second-order valence-electron chi connectivity index (χ2n) is 7.12. The lowest BCUT2D eigenvalue weighted by Crippen LogP contribution is -2.59. The van der Waals surface area contributed by atoms with E-state index in [4.69, 9.17) is 4.74 Å². The zero-order chi connectivity index (χ0) is 20.8. The van der Waals surface area contributed by atoms with Gasteiger partial charge in [0, 0.05) is 11.6 Å². The molecule has 7 nitrogen and oxygen atoms in total. The lowest BCUT2D eigenvalue weighted by molar-refractivity contribution is -0.154. The highest BCUT2D eigenvalue weighted by atomic mass is 19.1.